The van der Waals surface area contributed by atoms with Crippen molar-refractivity contribution < 1.29 is 22.4 Å². The molecule has 3 N–H and O–H groups in total. The number of carbonyl (C=O) groups excluding carboxylic acids is 1. The maximum Gasteiger partial charge on any atom is 0.419 e. The fraction of sp³-hybridized carbons (Fsp3) is 0.500. The number of aromatic nitrogens is 4. The number of imidazole rings is 1. The highest BCUT2D eigenvalue weighted by atomic mass is 19.4. The van der Waals surface area contributed by atoms with Gasteiger partial charge in [-0.25, -0.2) is 19.3 Å². The molecule has 0 radical (unpaired) electrons. The molecule has 2 saturated heterocycles. The number of nitrogens with one attached hydrogen (secondary N) is 1. The Morgan fingerprint density at radius 2 is 1.80 bits per heavy atom. The second kappa shape index (κ2) is 12.0. The van der Waals surface area contributed by atoms with Gasteiger partial charge in [0.2, 0.25) is 0 Å². The van der Waals surface area contributed by atoms with Gasteiger partial charge in [-0.3, -0.25) is 4.79 Å². The van der Waals surface area contributed by atoms with Crippen molar-refractivity contribution in [3.8, 4) is 11.3 Å². The summed E-state index contributed by atoms with van der Waals surface area (Å²) in [5, 5.41) is 2.58. The smallest absolute Gasteiger partial charge is 0.383 e. The van der Waals surface area contributed by atoms with E-state index in [0.29, 0.717) is 44.0 Å². The summed E-state index contributed by atoms with van der Waals surface area (Å²) in [7, 11) is 1.52. The Kier molecular flexibility index (Phi) is 8.43. The van der Waals surface area contributed by atoms with E-state index in [0.717, 1.165) is 50.4 Å². The third-order valence-corrected chi connectivity index (χ3v) is 7.95. The SMILES string of the molecule is CNC(=O)c1c(N)ncnc1N1CCC(c2nc(-c3ccc(F)c(C(F)(F)F)c3)cn2CCN2CCCCC2)CC1. The molecule has 13 heteroatoms. The number of benzene rings is 1. The largest absolute Gasteiger partial charge is 0.419 e. The van der Waals surface area contributed by atoms with Crippen molar-refractivity contribution in [1.29, 1.82) is 0 Å². The minimum absolute atomic E-state index is 0.0338. The van der Waals surface area contributed by atoms with E-state index in [1.165, 1.54) is 25.9 Å². The average molecular weight is 575 g/mol. The summed E-state index contributed by atoms with van der Waals surface area (Å²) in [6, 6.07) is 3.02. The quantitative estimate of drug-likeness (QED) is 0.405. The summed E-state index contributed by atoms with van der Waals surface area (Å²) < 4.78 is 56.3. The molecular formula is C28H34F4N8O. The summed E-state index contributed by atoms with van der Waals surface area (Å²) in [4.78, 5) is 30.0. The van der Waals surface area contributed by atoms with Gasteiger partial charge in [-0.2, -0.15) is 13.2 Å². The van der Waals surface area contributed by atoms with Crippen LogP contribution in [0.2, 0.25) is 0 Å². The molecule has 1 amide bonds. The monoisotopic (exact) mass is 574 g/mol. The molecule has 0 spiro atoms. The van der Waals surface area contributed by atoms with Gasteiger partial charge in [0.15, 0.2) is 0 Å². The highest BCUT2D eigenvalue weighted by Gasteiger charge is 2.35. The first-order chi connectivity index (χ1) is 19.7. The number of likely N-dealkylation sites (tertiary alicyclic amines) is 1. The molecular weight excluding hydrogens is 540 g/mol. The van der Waals surface area contributed by atoms with Crippen LogP contribution < -0.4 is 16.0 Å². The maximum absolute atomic E-state index is 14.0. The van der Waals surface area contributed by atoms with E-state index in [2.05, 4.69) is 20.2 Å². The minimum Gasteiger partial charge on any atom is -0.383 e. The van der Waals surface area contributed by atoms with Gasteiger partial charge in [-0.05, 0) is 57.0 Å². The third-order valence-electron chi connectivity index (χ3n) is 7.95. The zero-order valence-electron chi connectivity index (χ0n) is 22.9. The second-order valence-corrected chi connectivity index (χ2v) is 10.6. The number of nitrogen functional groups attached to an aromatic ring is 1. The van der Waals surface area contributed by atoms with E-state index < -0.39 is 17.6 Å². The fourth-order valence-electron chi connectivity index (χ4n) is 5.73. The van der Waals surface area contributed by atoms with Crippen LogP contribution in [0.1, 0.15) is 59.8 Å². The van der Waals surface area contributed by atoms with Gasteiger partial charge in [0.25, 0.3) is 5.91 Å². The maximum atomic E-state index is 14.0. The molecule has 0 bridgehead atoms. The van der Waals surface area contributed by atoms with Crippen molar-refractivity contribution >= 4 is 17.5 Å². The van der Waals surface area contributed by atoms with E-state index in [1.54, 1.807) is 6.20 Å². The summed E-state index contributed by atoms with van der Waals surface area (Å²) in [6.07, 6.45) is 3.23. The topological polar surface area (TPSA) is 105 Å². The van der Waals surface area contributed by atoms with E-state index in [4.69, 9.17) is 10.7 Å². The number of anilines is 2. The normalized spacial score (nSPS) is 17.1. The van der Waals surface area contributed by atoms with Crippen molar-refractivity contribution in [3.63, 3.8) is 0 Å². The van der Waals surface area contributed by atoms with Crippen LogP contribution in [0.25, 0.3) is 11.3 Å². The zero-order valence-corrected chi connectivity index (χ0v) is 22.9. The molecule has 220 valence electrons. The first kappa shape index (κ1) is 28.8. The van der Waals surface area contributed by atoms with Crippen molar-refractivity contribution in [2.45, 2.75) is 50.7 Å². The van der Waals surface area contributed by atoms with E-state index in [-0.39, 0.29) is 28.8 Å². The fourth-order valence-corrected chi connectivity index (χ4v) is 5.73. The predicted octanol–water partition coefficient (Wildman–Crippen LogP) is 4.31. The molecule has 2 aromatic heterocycles. The summed E-state index contributed by atoms with van der Waals surface area (Å²) >= 11 is 0. The lowest BCUT2D eigenvalue weighted by atomic mass is 9.95. The van der Waals surface area contributed by atoms with Crippen molar-refractivity contribution in [2.24, 2.45) is 0 Å². The number of rotatable bonds is 7. The van der Waals surface area contributed by atoms with Crippen molar-refractivity contribution in [1.82, 2.24) is 29.7 Å². The van der Waals surface area contributed by atoms with Crippen LogP contribution >= 0.6 is 0 Å². The lowest BCUT2D eigenvalue weighted by Gasteiger charge is -2.34. The van der Waals surface area contributed by atoms with Crippen LogP contribution in [0.3, 0.4) is 0 Å². The first-order valence-corrected chi connectivity index (χ1v) is 13.9. The highest BCUT2D eigenvalue weighted by molar-refractivity contribution is 6.02. The lowest BCUT2D eigenvalue weighted by molar-refractivity contribution is -0.139. The molecule has 0 aliphatic carbocycles. The van der Waals surface area contributed by atoms with E-state index in [1.807, 2.05) is 9.47 Å². The average Bonchev–Trinajstić information content (AvgIpc) is 3.40. The van der Waals surface area contributed by atoms with Gasteiger partial charge in [-0.15, -0.1) is 0 Å². The summed E-state index contributed by atoms with van der Waals surface area (Å²) in [5.74, 6) is -0.271. The molecule has 0 atom stereocenters. The van der Waals surface area contributed by atoms with Crippen molar-refractivity contribution in [3.05, 3.63) is 53.5 Å². The number of alkyl halides is 3. The Labute approximate surface area is 235 Å². The summed E-state index contributed by atoms with van der Waals surface area (Å²) in [5.41, 5.74) is 5.53. The van der Waals surface area contributed by atoms with Gasteiger partial charge in [0.1, 0.15) is 35.2 Å². The predicted molar refractivity (Wildman–Crippen MR) is 147 cm³/mol. The van der Waals surface area contributed by atoms with Crippen LogP contribution in [-0.4, -0.2) is 70.1 Å². The van der Waals surface area contributed by atoms with Gasteiger partial charge < -0.3 is 25.4 Å². The number of nitrogens with zero attached hydrogens (tertiary/aromatic N) is 6. The minimum atomic E-state index is -4.80. The van der Waals surface area contributed by atoms with Crippen LogP contribution in [-0.2, 0) is 12.7 Å². The molecule has 9 nitrogen and oxygen atoms in total. The van der Waals surface area contributed by atoms with Gasteiger partial charge in [-0.1, -0.05) is 6.42 Å². The third kappa shape index (κ3) is 6.29. The number of hydrogen-bond donors (Lipinski definition) is 2. The van der Waals surface area contributed by atoms with E-state index in [9.17, 15) is 22.4 Å². The molecule has 2 fully saturated rings. The van der Waals surface area contributed by atoms with Crippen LogP contribution in [0.15, 0.2) is 30.7 Å². The number of carbonyl (C=O) groups is 1. The zero-order chi connectivity index (χ0) is 29.1. The molecule has 5 rings (SSSR count). The standard InChI is InChI=1S/C28H34F4N8O/c1-34-27(41)23-24(33)35-17-36-26(23)39-11-7-18(8-12-39)25-37-22(16-40(25)14-13-38-9-3-2-4-10-38)19-5-6-21(29)20(15-19)28(30,31)32/h5-6,15-18H,2-4,7-14H2,1H3,(H,34,41)(H2,33,35,36). The molecule has 2 aliphatic rings. The molecule has 41 heavy (non-hydrogen) atoms. The van der Waals surface area contributed by atoms with Gasteiger partial charge in [0, 0.05) is 50.9 Å². The molecule has 1 aromatic carbocycles. The number of piperidine rings is 2. The first-order valence-electron chi connectivity index (χ1n) is 13.9. The number of amides is 1. The highest BCUT2D eigenvalue weighted by Crippen LogP contribution is 2.36. The van der Waals surface area contributed by atoms with Crippen molar-refractivity contribution in [2.75, 3.05) is 50.4 Å². The van der Waals surface area contributed by atoms with Crippen LogP contribution in [0.5, 0.6) is 0 Å². The van der Waals surface area contributed by atoms with Gasteiger partial charge >= 0.3 is 6.18 Å². The van der Waals surface area contributed by atoms with Crippen LogP contribution in [0, 0.1) is 5.82 Å². The molecule has 2 aliphatic heterocycles. The molecule has 0 unspecified atom stereocenters. The summed E-state index contributed by atoms with van der Waals surface area (Å²) in [6.45, 7) is 4.67. The Bertz CT molecular complexity index is 1380. The second-order valence-electron chi connectivity index (χ2n) is 10.6. The lowest BCUT2D eigenvalue weighted by Crippen LogP contribution is -2.37. The Balaban J connectivity index is 1.41. The molecule has 4 heterocycles. The molecule has 0 saturated carbocycles. The number of nitrogens with two attached hydrogens (primary N) is 1. The number of hydrogen-bond acceptors (Lipinski definition) is 7. The van der Waals surface area contributed by atoms with Gasteiger partial charge in [0.05, 0.1) is 11.3 Å². The van der Waals surface area contributed by atoms with E-state index >= 15 is 0 Å². The van der Waals surface area contributed by atoms with Crippen LogP contribution in [0.4, 0.5) is 29.2 Å². The Morgan fingerprint density at radius 3 is 2.49 bits per heavy atom. The Morgan fingerprint density at radius 1 is 1.07 bits per heavy atom. The number of halogens is 4. The Hall–Kier alpha value is -3.74. The molecule has 3 aromatic rings.